The van der Waals surface area contributed by atoms with E-state index in [-0.39, 0.29) is 0 Å². The van der Waals surface area contributed by atoms with Crippen LogP contribution in [0.4, 0.5) is 0 Å². The molecule has 3 rings (SSSR count). The molecule has 130 valence electrons. The lowest BCUT2D eigenvalue weighted by Gasteiger charge is -2.15. The molecule has 3 aromatic rings. The van der Waals surface area contributed by atoms with Crippen molar-refractivity contribution in [3.8, 4) is 11.5 Å². The fraction of sp³-hybridized carbons (Fsp3) is 0.222. The second kappa shape index (κ2) is 8.02. The van der Waals surface area contributed by atoms with E-state index in [9.17, 15) is 0 Å². The molecule has 25 heavy (non-hydrogen) atoms. The summed E-state index contributed by atoms with van der Waals surface area (Å²) >= 11 is 3.60. The first-order valence-electron chi connectivity index (χ1n) is 7.79. The largest absolute Gasteiger partial charge is 0.493 e. The molecule has 1 aromatic heterocycles. The lowest BCUT2D eigenvalue weighted by atomic mass is 10.1. The molecule has 0 aliphatic rings. The SMILES string of the molecule is COc1cc(CNn2cnnc2)c(Br)cc1OCc1cccc(C)c1. The minimum Gasteiger partial charge on any atom is -0.493 e. The predicted molar refractivity (Wildman–Crippen MR) is 99.3 cm³/mol. The molecule has 0 unspecified atom stereocenters. The number of ether oxygens (including phenoxy) is 2. The van der Waals surface area contributed by atoms with Crippen molar-refractivity contribution in [2.75, 3.05) is 12.5 Å². The molecule has 0 atom stereocenters. The summed E-state index contributed by atoms with van der Waals surface area (Å²) in [5, 5.41) is 7.52. The fourth-order valence-corrected chi connectivity index (χ4v) is 2.87. The molecule has 2 aromatic carbocycles. The summed E-state index contributed by atoms with van der Waals surface area (Å²) in [7, 11) is 1.64. The topological polar surface area (TPSA) is 61.2 Å². The zero-order valence-electron chi connectivity index (χ0n) is 14.1. The minimum absolute atomic E-state index is 0.489. The van der Waals surface area contributed by atoms with E-state index in [4.69, 9.17) is 9.47 Å². The number of halogens is 1. The lowest BCUT2D eigenvalue weighted by molar-refractivity contribution is 0.284. The van der Waals surface area contributed by atoms with Gasteiger partial charge >= 0.3 is 0 Å². The number of aromatic nitrogens is 3. The van der Waals surface area contributed by atoms with Gasteiger partial charge in [-0.1, -0.05) is 45.8 Å². The van der Waals surface area contributed by atoms with E-state index in [1.54, 1.807) is 24.4 Å². The van der Waals surface area contributed by atoms with Crippen molar-refractivity contribution < 1.29 is 9.47 Å². The van der Waals surface area contributed by atoms with Gasteiger partial charge in [0.1, 0.15) is 19.3 Å². The summed E-state index contributed by atoms with van der Waals surface area (Å²) in [6, 6.07) is 12.1. The third-order valence-corrected chi connectivity index (χ3v) is 4.42. The van der Waals surface area contributed by atoms with Gasteiger partial charge in [-0.25, -0.2) is 4.68 Å². The molecule has 0 saturated carbocycles. The van der Waals surface area contributed by atoms with Crippen LogP contribution in [0.1, 0.15) is 16.7 Å². The Morgan fingerprint density at radius 1 is 1.12 bits per heavy atom. The monoisotopic (exact) mass is 402 g/mol. The number of methoxy groups -OCH3 is 1. The number of hydrogen-bond donors (Lipinski definition) is 1. The highest BCUT2D eigenvalue weighted by Crippen LogP contribution is 2.34. The van der Waals surface area contributed by atoms with Gasteiger partial charge in [0.25, 0.3) is 0 Å². The van der Waals surface area contributed by atoms with Crippen LogP contribution in [0.25, 0.3) is 0 Å². The van der Waals surface area contributed by atoms with Crippen molar-refractivity contribution in [3.63, 3.8) is 0 Å². The maximum Gasteiger partial charge on any atom is 0.162 e. The van der Waals surface area contributed by atoms with E-state index in [1.807, 2.05) is 24.3 Å². The van der Waals surface area contributed by atoms with Crippen molar-refractivity contribution in [1.82, 2.24) is 14.9 Å². The molecule has 0 aliphatic heterocycles. The Balaban J connectivity index is 1.72. The Kier molecular flexibility index (Phi) is 5.55. The number of benzene rings is 2. The Hall–Kier alpha value is -2.54. The van der Waals surface area contributed by atoms with Crippen LogP contribution in [0, 0.1) is 6.92 Å². The van der Waals surface area contributed by atoms with Crippen LogP contribution < -0.4 is 14.9 Å². The average Bonchev–Trinajstić information content (AvgIpc) is 3.12. The second-order valence-electron chi connectivity index (χ2n) is 5.58. The number of nitrogens with one attached hydrogen (secondary N) is 1. The standard InChI is InChI=1S/C18H19BrN4O2/c1-13-4-3-5-14(6-13)10-25-18-8-16(19)15(7-17(18)24-2)9-22-23-11-20-21-12-23/h3-8,11-12,22H,9-10H2,1-2H3. The van der Waals surface area contributed by atoms with Crippen LogP contribution in [-0.4, -0.2) is 22.0 Å². The number of nitrogens with zero attached hydrogens (tertiary/aromatic N) is 3. The van der Waals surface area contributed by atoms with E-state index in [0.29, 0.717) is 24.7 Å². The highest BCUT2D eigenvalue weighted by Gasteiger charge is 2.11. The molecule has 0 saturated heterocycles. The number of hydrogen-bond acceptors (Lipinski definition) is 5. The molecule has 0 fully saturated rings. The second-order valence-corrected chi connectivity index (χ2v) is 6.43. The van der Waals surface area contributed by atoms with E-state index in [0.717, 1.165) is 15.6 Å². The van der Waals surface area contributed by atoms with Gasteiger partial charge < -0.3 is 14.9 Å². The molecule has 0 amide bonds. The molecule has 1 heterocycles. The van der Waals surface area contributed by atoms with Crippen molar-refractivity contribution in [1.29, 1.82) is 0 Å². The third-order valence-electron chi connectivity index (χ3n) is 3.68. The van der Waals surface area contributed by atoms with Crippen molar-refractivity contribution in [2.45, 2.75) is 20.1 Å². The van der Waals surface area contributed by atoms with Gasteiger partial charge in [-0.05, 0) is 30.2 Å². The summed E-state index contributed by atoms with van der Waals surface area (Å²) in [5.74, 6) is 1.39. The van der Waals surface area contributed by atoms with Gasteiger partial charge in [0.2, 0.25) is 0 Å². The molecule has 0 spiro atoms. The van der Waals surface area contributed by atoms with Crippen molar-refractivity contribution >= 4 is 15.9 Å². The zero-order valence-corrected chi connectivity index (χ0v) is 15.7. The maximum atomic E-state index is 5.95. The summed E-state index contributed by atoms with van der Waals surface area (Å²) in [6.07, 6.45) is 3.20. The van der Waals surface area contributed by atoms with Gasteiger partial charge in [-0.3, -0.25) is 0 Å². The summed E-state index contributed by atoms with van der Waals surface area (Å²) in [4.78, 5) is 0. The number of aryl methyl sites for hydroxylation is 1. The molecular formula is C18H19BrN4O2. The molecule has 0 aliphatic carbocycles. The predicted octanol–water partition coefficient (Wildman–Crippen LogP) is 3.68. The Morgan fingerprint density at radius 3 is 2.64 bits per heavy atom. The van der Waals surface area contributed by atoms with E-state index < -0.39 is 0 Å². The molecule has 0 radical (unpaired) electrons. The summed E-state index contributed by atoms with van der Waals surface area (Å²) in [6.45, 7) is 3.15. The number of rotatable bonds is 7. The lowest BCUT2D eigenvalue weighted by Crippen LogP contribution is -2.12. The van der Waals surface area contributed by atoms with Gasteiger partial charge in [-0.2, -0.15) is 0 Å². The third kappa shape index (κ3) is 4.51. The van der Waals surface area contributed by atoms with E-state index >= 15 is 0 Å². The highest BCUT2D eigenvalue weighted by atomic mass is 79.9. The molecule has 7 heteroatoms. The van der Waals surface area contributed by atoms with Gasteiger partial charge in [0.05, 0.1) is 13.7 Å². The molecule has 1 N–H and O–H groups in total. The van der Waals surface area contributed by atoms with Gasteiger partial charge in [-0.15, -0.1) is 10.2 Å². The van der Waals surface area contributed by atoms with E-state index in [1.165, 1.54) is 5.56 Å². The molecular weight excluding hydrogens is 384 g/mol. The first kappa shape index (κ1) is 17.3. The summed E-state index contributed by atoms with van der Waals surface area (Å²) in [5.41, 5.74) is 6.55. The van der Waals surface area contributed by atoms with Crippen molar-refractivity contribution in [3.05, 3.63) is 70.2 Å². The quantitative estimate of drug-likeness (QED) is 0.652. The molecule has 0 bridgehead atoms. The first-order valence-corrected chi connectivity index (χ1v) is 8.58. The zero-order chi connectivity index (χ0) is 17.6. The van der Waals surface area contributed by atoms with Crippen LogP contribution in [0.3, 0.4) is 0 Å². The average molecular weight is 403 g/mol. The van der Waals surface area contributed by atoms with Crippen LogP contribution in [-0.2, 0) is 13.2 Å². The Labute approximate surface area is 154 Å². The Morgan fingerprint density at radius 2 is 1.92 bits per heavy atom. The van der Waals surface area contributed by atoms with Gasteiger partial charge in [0.15, 0.2) is 11.5 Å². The normalized spacial score (nSPS) is 10.5. The first-order chi connectivity index (χ1) is 12.2. The maximum absolute atomic E-state index is 5.95. The highest BCUT2D eigenvalue weighted by molar-refractivity contribution is 9.10. The van der Waals surface area contributed by atoms with E-state index in [2.05, 4.69) is 50.6 Å². The minimum atomic E-state index is 0.489. The smallest absolute Gasteiger partial charge is 0.162 e. The van der Waals surface area contributed by atoms with Crippen LogP contribution in [0.2, 0.25) is 0 Å². The molecule has 6 nitrogen and oxygen atoms in total. The summed E-state index contributed by atoms with van der Waals surface area (Å²) < 4.78 is 14.1. The Bertz CT molecular complexity index is 837. The van der Waals surface area contributed by atoms with Gasteiger partial charge in [0, 0.05) is 4.47 Å². The van der Waals surface area contributed by atoms with Crippen LogP contribution in [0.5, 0.6) is 11.5 Å². The van der Waals surface area contributed by atoms with Crippen molar-refractivity contribution in [2.24, 2.45) is 0 Å². The fourth-order valence-electron chi connectivity index (χ4n) is 2.41. The van der Waals surface area contributed by atoms with Crippen LogP contribution >= 0.6 is 15.9 Å². The van der Waals surface area contributed by atoms with Crippen LogP contribution in [0.15, 0.2) is 53.5 Å².